The monoisotopic (exact) mass is 260 g/mol. The fourth-order valence-electron chi connectivity index (χ4n) is 2.59. The van der Waals surface area contributed by atoms with E-state index in [1.807, 2.05) is 0 Å². The van der Waals surface area contributed by atoms with Gasteiger partial charge in [0, 0.05) is 12.7 Å². The van der Waals surface area contributed by atoms with Crippen LogP contribution in [0.1, 0.15) is 31.5 Å². The van der Waals surface area contributed by atoms with Crippen LogP contribution in [0, 0.1) is 0 Å². The SMILES string of the molecule is COC1(c2noc(-c3ccc(O)cc3)n2)CCCC1. The van der Waals surface area contributed by atoms with Crippen LogP contribution in [0.5, 0.6) is 5.75 Å². The molecule has 1 N–H and O–H groups in total. The number of methoxy groups -OCH3 is 1. The van der Waals surface area contributed by atoms with Crippen molar-refractivity contribution in [2.75, 3.05) is 7.11 Å². The van der Waals surface area contributed by atoms with Gasteiger partial charge in [-0.1, -0.05) is 5.16 Å². The average Bonchev–Trinajstić information content (AvgIpc) is 3.09. The zero-order chi connectivity index (χ0) is 13.3. The van der Waals surface area contributed by atoms with E-state index in [0.29, 0.717) is 11.7 Å². The van der Waals surface area contributed by atoms with Crippen molar-refractivity contribution in [2.24, 2.45) is 0 Å². The third-order valence-corrected chi connectivity index (χ3v) is 3.75. The lowest BCUT2D eigenvalue weighted by atomic mass is 10.0. The van der Waals surface area contributed by atoms with Crippen LogP contribution >= 0.6 is 0 Å². The normalized spacial score (nSPS) is 17.7. The van der Waals surface area contributed by atoms with E-state index < -0.39 is 5.60 Å². The summed E-state index contributed by atoms with van der Waals surface area (Å²) >= 11 is 0. The molecule has 1 heterocycles. The van der Waals surface area contributed by atoms with Gasteiger partial charge >= 0.3 is 0 Å². The standard InChI is InChI=1S/C14H16N2O3/c1-18-14(8-2-3-9-14)13-15-12(19-16-13)10-4-6-11(17)7-5-10/h4-7,17H,2-3,8-9H2,1H3. The number of phenols is 1. The second kappa shape index (κ2) is 4.66. The van der Waals surface area contributed by atoms with Crippen LogP contribution < -0.4 is 0 Å². The molecule has 1 aliphatic carbocycles. The molecule has 0 bridgehead atoms. The number of aromatic nitrogens is 2. The molecule has 2 aromatic rings. The molecule has 1 fully saturated rings. The topological polar surface area (TPSA) is 68.4 Å². The molecule has 5 nitrogen and oxygen atoms in total. The van der Waals surface area contributed by atoms with E-state index in [9.17, 15) is 5.11 Å². The lowest BCUT2D eigenvalue weighted by Gasteiger charge is -2.22. The van der Waals surface area contributed by atoms with Gasteiger partial charge in [0.25, 0.3) is 5.89 Å². The smallest absolute Gasteiger partial charge is 0.258 e. The maximum Gasteiger partial charge on any atom is 0.258 e. The minimum Gasteiger partial charge on any atom is -0.508 e. The molecular formula is C14H16N2O3. The second-order valence-electron chi connectivity index (χ2n) is 4.88. The number of hydrogen-bond acceptors (Lipinski definition) is 5. The number of nitrogens with zero attached hydrogens (tertiary/aromatic N) is 2. The van der Waals surface area contributed by atoms with Crippen LogP contribution in [-0.4, -0.2) is 22.4 Å². The summed E-state index contributed by atoms with van der Waals surface area (Å²) in [4.78, 5) is 4.45. The third-order valence-electron chi connectivity index (χ3n) is 3.75. The molecule has 3 rings (SSSR count). The molecule has 100 valence electrons. The fraction of sp³-hybridized carbons (Fsp3) is 0.429. The highest BCUT2D eigenvalue weighted by atomic mass is 16.5. The van der Waals surface area contributed by atoms with Gasteiger partial charge < -0.3 is 14.4 Å². The Kier molecular flexibility index (Phi) is 2.98. The molecule has 0 atom stereocenters. The van der Waals surface area contributed by atoms with E-state index in [2.05, 4.69) is 10.1 Å². The summed E-state index contributed by atoms with van der Waals surface area (Å²) in [6.45, 7) is 0. The Morgan fingerprint density at radius 2 is 1.89 bits per heavy atom. The molecule has 0 amide bonds. The van der Waals surface area contributed by atoms with Crippen LogP contribution in [0.4, 0.5) is 0 Å². The Morgan fingerprint density at radius 3 is 2.53 bits per heavy atom. The number of ether oxygens (including phenoxy) is 1. The van der Waals surface area contributed by atoms with Gasteiger partial charge in [0.2, 0.25) is 5.82 Å². The molecule has 19 heavy (non-hydrogen) atoms. The van der Waals surface area contributed by atoms with E-state index >= 15 is 0 Å². The van der Waals surface area contributed by atoms with Crippen molar-refractivity contribution in [3.63, 3.8) is 0 Å². The van der Waals surface area contributed by atoms with Crippen molar-refractivity contribution < 1.29 is 14.4 Å². The first-order valence-corrected chi connectivity index (χ1v) is 6.42. The van der Waals surface area contributed by atoms with E-state index in [1.165, 1.54) is 0 Å². The molecule has 0 saturated heterocycles. The fourth-order valence-corrected chi connectivity index (χ4v) is 2.59. The molecule has 0 unspecified atom stereocenters. The first-order chi connectivity index (χ1) is 9.23. The number of aromatic hydroxyl groups is 1. The Bertz CT molecular complexity index is 556. The van der Waals surface area contributed by atoms with Crippen LogP contribution in [0.15, 0.2) is 28.8 Å². The summed E-state index contributed by atoms with van der Waals surface area (Å²) in [5.41, 5.74) is 0.402. The van der Waals surface area contributed by atoms with Gasteiger partial charge in [-0.05, 0) is 49.9 Å². The Morgan fingerprint density at radius 1 is 1.21 bits per heavy atom. The maximum atomic E-state index is 9.27. The number of rotatable bonds is 3. The number of benzene rings is 1. The lowest BCUT2D eigenvalue weighted by Crippen LogP contribution is -2.25. The average molecular weight is 260 g/mol. The first kappa shape index (κ1) is 12.2. The highest BCUT2D eigenvalue weighted by Crippen LogP contribution is 2.40. The quantitative estimate of drug-likeness (QED) is 0.919. The van der Waals surface area contributed by atoms with E-state index in [1.54, 1.807) is 31.4 Å². The van der Waals surface area contributed by atoms with Crippen LogP contribution in [0.2, 0.25) is 0 Å². The predicted molar refractivity (Wildman–Crippen MR) is 68.6 cm³/mol. The third kappa shape index (κ3) is 2.10. The second-order valence-corrected chi connectivity index (χ2v) is 4.88. The highest BCUT2D eigenvalue weighted by Gasteiger charge is 2.40. The van der Waals surface area contributed by atoms with Gasteiger partial charge in [0.15, 0.2) is 0 Å². The molecule has 1 aromatic heterocycles. The van der Waals surface area contributed by atoms with Crippen molar-refractivity contribution in [1.29, 1.82) is 0 Å². The van der Waals surface area contributed by atoms with Crippen LogP contribution in [-0.2, 0) is 10.3 Å². The van der Waals surface area contributed by atoms with E-state index in [4.69, 9.17) is 9.26 Å². The van der Waals surface area contributed by atoms with Gasteiger partial charge in [0.05, 0.1) is 0 Å². The Hall–Kier alpha value is -1.88. The molecule has 1 saturated carbocycles. The molecule has 5 heteroatoms. The largest absolute Gasteiger partial charge is 0.508 e. The van der Waals surface area contributed by atoms with Crippen molar-refractivity contribution in [3.05, 3.63) is 30.1 Å². The summed E-state index contributed by atoms with van der Waals surface area (Å²) in [5, 5.41) is 13.3. The summed E-state index contributed by atoms with van der Waals surface area (Å²) < 4.78 is 10.9. The number of hydrogen-bond donors (Lipinski definition) is 1. The Balaban J connectivity index is 1.92. The lowest BCUT2D eigenvalue weighted by molar-refractivity contribution is -0.0178. The zero-order valence-electron chi connectivity index (χ0n) is 10.8. The van der Waals surface area contributed by atoms with Crippen molar-refractivity contribution >= 4 is 0 Å². The minimum absolute atomic E-state index is 0.215. The van der Waals surface area contributed by atoms with E-state index in [0.717, 1.165) is 31.2 Å². The summed E-state index contributed by atoms with van der Waals surface area (Å²) in [6.07, 6.45) is 4.10. The zero-order valence-corrected chi connectivity index (χ0v) is 10.8. The Labute approximate surface area is 111 Å². The van der Waals surface area contributed by atoms with Crippen LogP contribution in [0.25, 0.3) is 11.5 Å². The molecule has 1 aliphatic rings. The van der Waals surface area contributed by atoms with Crippen molar-refractivity contribution in [1.82, 2.24) is 10.1 Å². The first-order valence-electron chi connectivity index (χ1n) is 6.42. The van der Waals surface area contributed by atoms with Gasteiger partial charge in [-0.2, -0.15) is 4.98 Å². The highest BCUT2D eigenvalue weighted by molar-refractivity contribution is 5.54. The van der Waals surface area contributed by atoms with Gasteiger partial charge in [-0.3, -0.25) is 0 Å². The molecular weight excluding hydrogens is 244 g/mol. The van der Waals surface area contributed by atoms with Gasteiger partial charge in [-0.25, -0.2) is 0 Å². The number of phenolic OH excluding ortho intramolecular Hbond substituents is 1. The predicted octanol–water partition coefficient (Wildman–Crippen LogP) is 2.86. The molecule has 0 spiro atoms. The summed E-state index contributed by atoms with van der Waals surface area (Å²) in [7, 11) is 1.70. The van der Waals surface area contributed by atoms with Crippen molar-refractivity contribution in [2.45, 2.75) is 31.3 Å². The van der Waals surface area contributed by atoms with Gasteiger partial charge in [0.1, 0.15) is 11.4 Å². The maximum absolute atomic E-state index is 9.27. The van der Waals surface area contributed by atoms with Gasteiger partial charge in [-0.15, -0.1) is 0 Å². The van der Waals surface area contributed by atoms with E-state index in [-0.39, 0.29) is 5.75 Å². The van der Waals surface area contributed by atoms with Crippen molar-refractivity contribution in [3.8, 4) is 17.2 Å². The van der Waals surface area contributed by atoms with Crippen LogP contribution in [0.3, 0.4) is 0 Å². The molecule has 0 radical (unpaired) electrons. The molecule has 0 aliphatic heterocycles. The summed E-state index contributed by atoms with van der Waals surface area (Å²) in [5.74, 6) is 1.29. The summed E-state index contributed by atoms with van der Waals surface area (Å²) in [6, 6.07) is 6.70. The minimum atomic E-state index is -0.390. The molecule has 1 aromatic carbocycles.